The van der Waals surface area contributed by atoms with Crippen molar-refractivity contribution in [3.63, 3.8) is 0 Å². The summed E-state index contributed by atoms with van der Waals surface area (Å²) < 4.78 is 8.79. The van der Waals surface area contributed by atoms with Crippen LogP contribution in [0.2, 0.25) is 0 Å². The molecule has 2 heterocycles. The van der Waals surface area contributed by atoms with Gasteiger partial charge >= 0.3 is 0 Å². The van der Waals surface area contributed by atoms with Gasteiger partial charge in [-0.2, -0.15) is 5.10 Å². The maximum absolute atomic E-state index is 12.0. The van der Waals surface area contributed by atoms with E-state index in [1.54, 1.807) is 20.2 Å². The first kappa shape index (κ1) is 14.3. The first-order valence-corrected chi connectivity index (χ1v) is 7.49. The van der Waals surface area contributed by atoms with Crippen LogP contribution in [0.3, 0.4) is 0 Å². The van der Waals surface area contributed by atoms with Gasteiger partial charge < -0.3 is 9.64 Å². The quantitative estimate of drug-likeness (QED) is 0.837. The zero-order valence-electron chi connectivity index (χ0n) is 11.9. The van der Waals surface area contributed by atoms with Gasteiger partial charge in [-0.25, -0.2) is 0 Å². The lowest BCUT2D eigenvalue weighted by atomic mass is 10.1. The van der Waals surface area contributed by atoms with Crippen LogP contribution >= 0.6 is 15.9 Å². The average molecular weight is 350 g/mol. The van der Waals surface area contributed by atoms with Crippen molar-refractivity contribution >= 4 is 21.8 Å². The second-order valence-electron chi connectivity index (χ2n) is 5.25. The van der Waals surface area contributed by atoms with Crippen LogP contribution in [0.15, 0.2) is 34.8 Å². The molecule has 5 nitrogen and oxygen atoms in total. The molecule has 0 bridgehead atoms. The van der Waals surface area contributed by atoms with Crippen LogP contribution in [0, 0.1) is 0 Å². The summed E-state index contributed by atoms with van der Waals surface area (Å²) in [6.45, 7) is 1.09. The Bertz CT molecular complexity index is 664. The summed E-state index contributed by atoms with van der Waals surface area (Å²) in [5.41, 5.74) is 2.52. The van der Waals surface area contributed by atoms with Gasteiger partial charge in [-0.05, 0) is 23.8 Å². The molecule has 1 aromatic carbocycles. The molecule has 0 N–H and O–H groups in total. The standard InChI is InChI=1S/C15H16BrN3O2/c1-18(2)15(20)13-7-12-9-21-14(8-19(12)17-13)10-3-5-11(16)6-4-10/h3-7,14H,8-9H2,1-2H3/t14-/m0/s1. The highest BCUT2D eigenvalue weighted by atomic mass is 79.9. The normalized spacial score (nSPS) is 17.4. The molecular formula is C15H16BrN3O2. The van der Waals surface area contributed by atoms with Crippen LogP contribution in [-0.4, -0.2) is 34.7 Å². The zero-order valence-corrected chi connectivity index (χ0v) is 13.5. The van der Waals surface area contributed by atoms with E-state index in [0.717, 1.165) is 15.7 Å². The summed E-state index contributed by atoms with van der Waals surface area (Å²) in [4.78, 5) is 13.5. The molecule has 0 spiro atoms. The Hall–Kier alpha value is -1.66. The van der Waals surface area contributed by atoms with Crippen LogP contribution in [-0.2, 0) is 17.9 Å². The van der Waals surface area contributed by atoms with Gasteiger partial charge in [0.25, 0.3) is 5.91 Å². The molecule has 0 aliphatic carbocycles. The SMILES string of the molecule is CN(C)C(=O)c1cc2n(n1)C[C@@H](c1ccc(Br)cc1)OC2. The van der Waals surface area contributed by atoms with Gasteiger partial charge in [0.05, 0.1) is 18.8 Å². The molecule has 2 aromatic rings. The van der Waals surface area contributed by atoms with Gasteiger partial charge in [0.2, 0.25) is 0 Å². The number of nitrogens with zero attached hydrogens (tertiary/aromatic N) is 3. The first-order chi connectivity index (χ1) is 10.0. The van der Waals surface area contributed by atoms with Crippen LogP contribution in [0.5, 0.6) is 0 Å². The predicted octanol–water partition coefficient (Wildman–Crippen LogP) is 2.62. The van der Waals surface area contributed by atoms with E-state index in [2.05, 4.69) is 21.0 Å². The molecule has 0 radical (unpaired) electrons. The van der Waals surface area contributed by atoms with Crippen LogP contribution in [0.1, 0.15) is 27.8 Å². The van der Waals surface area contributed by atoms with Crippen LogP contribution < -0.4 is 0 Å². The number of carbonyl (C=O) groups excluding carboxylic acids is 1. The molecule has 3 rings (SSSR count). The highest BCUT2D eigenvalue weighted by Crippen LogP contribution is 2.27. The van der Waals surface area contributed by atoms with Gasteiger partial charge in [0, 0.05) is 18.6 Å². The minimum absolute atomic E-state index is 0.0344. The molecule has 1 aliphatic rings. The summed E-state index contributed by atoms with van der Waals surface area (Å²) >= 11 is 3.43. The van der Waals surface area contributed by atoms with E-state index in [0.29, 0.717) is 18.8 Å². The highest BCUT2D eigenvalue weighted by Gasteiger charge is 2.24. The summed E-state index contributed by atoms with van der Waals surface area (Å²) in [6.07, 6.45) is -0.0344. The van der Waals surface area contributed by atoms with Crippen molar-refractivity contribution in [2.75, 3.05) is 14.1 Å². The molecule has 1 atom stereocenters. The number of rotatable bonds is 2. The fourth-order valence-corrected chi connectivity index (χ4v) is 2.60. The number of carbonyl (C=O) groups is 1. The van der Waals surface area contributed by atoms with Crippen molar-refractivity contribution in [2.24, 2.45) is 0 Å². The molecule has 1 aliphatic heterocycles. The van der Waals surface area contributed by atoms with Crippen LogP contribution in [0.25, 0.3) is 0 Å². The summed E-state index contributed by atoms with van der Waals surface area (Å²) in [5, 5.41) is 4.40. The Morgan fingerprint density at radius 2 is 2.10 bits per heavy atom. The van der Waals surface area contributed by atoms with Gasteiger partial charge in [0.1, 0.15) is 6.10 Å². The van der Waals surface area contributed by atoms with Crippen molar-refractivity contribution in [3.05, 3.63) is 51.8 Å². The molecule has 0 fully saturated rings. The number of amides is 1. The van der Waals surface area contributed by atoms with Gasteiger partial charge in [-0.15, -0.1) is 0 Å². The molecule has 21 heavy (non-hydrogen) atoms. The van der Waals surface area contributed by atoms with Crippen molar-refractivity contribution in [1.82, 2.24) is 14.7 Å². The maximum Gasteiger partial charge on any atom is 0.273 e. The molecule has 1 amide bonds. The van der Waals surface area contributed by atoms with E-state index >= 15 is 0 Å². The summed E-state index contributed by atoms with van der Waals surface area (Å²) in [5.74, 6) is -0.0860. The zero-order chi connectivity index (χ0) is 15.0. The van der Waals surface area contributed by atoms with E-state index in [1.807, 2.05) is 28.9 Å². The lowest BCUT2D eigenvalue weighted by Gasteiger charge is -2.24. The van der Waals surface area contributed by atoms with E-state index < -0.39 is 0 Å². The van der Waals surface area contributed by atoms with Crippen molar-refractivity contribution in [2.45, 2.75) is 19.3 Å². The molecule has 0 saturated heterocycles. The number of fused-ring (bicyclic) bond motifs is 1. The number of hydrogen-bond acceptors (Lipinski definition) is 3. The average Bonchev–Trinajstić information content (AvgIpc) is 2.89. The van der Waals surface area contributed by atoms with E-state index in [9.17, 15) is 4.79 Å². The Balaban J connectivity index is 1.82. The van der Waals surface area contributed by atoms with E-state index in [1.165, 1.54) is 4.90 Å². The van der Waals surface area contributed by atoms with Crippen molar-refractivity contribution in [3.8, 4) is 0 Å². The first-order valence-electron chi connectivity index (χ1n) is 6.70. The Morgan fingerprint density at radius 1 is 1.38 bits per heavy atom. The maximum atomic E-state index is 12.0. The molecule has 6 heteroatoms. The second-order valence-corrected chi connectivity index (χ2v) is 6.17. The summed E-state index contributed by atoms with van der Waals surface area (Å²) in [6, 6.07) is 9.88. The third kappa shape index (κ3) is 2.87. The lowest BCUT2D eigenvalue weighted by molar-refractivity contribution is -0.00121. The Morgan fingerprint density at radius 3 is 2.76 bits per heavy atom. The monoisotopic (exact) mass is 349 g/mol. The molecule has 1 aromatic heterocycles. The third-order valence-electron chi connectivity index (χ3n) is 3.50. The topological polar surface area (TPSA) is 47.4 Å². The predicted molar refractivity (Wildman–Crippen MR) is 81.9 cm³/mol. The molecular weight excluding hydrogens is 334 g/mol. The molecule has 0 saturated carbocycles. The van der Waals surface area contributed by atoms with Gasteiger partial charge in [-0.3, -0.25) is 9.48 Å². The Labute approximate surface area is 131 Å². The minimum Gasteiger partial charge on any atom is -0.365 e. The third-order valence-corrected chi connectivity index (χ3v) is 4.03. The summed E-state index contributed by atoms with van der Waals surface area (Å²) in [7, 11) is 3.45. The highest BCUT2D eigenvalue weighted by molar-refractivity contribution is 9.10. The van der Waals surface area contributed by atoms with Crippen molar-refractivity contribution in [1.29, 1.82) is 0 Å². The fraction of sp³-hybridized carbons (Fsp3) is 0.333. The number of benzene rings is 1. The number of halogens is 1. The van der Waals surface area contributed by atoms with Gasteiger partial charge in [-0.1, -0.05) is 28.1 Å². The van der Waals surface area contributed by atoms with Crippen LogP contribution in [0.4, 0.5) is 0 Å². The fourth-order valence-electron chi connectivity index (χ4n) is 2.34. The molecule has 0 unspecified atom stereocenters. The minimum atomic E-state index is -0.0860. The number of hydrogen-bond donors (Lipinski definition) is 0. The van der Waals surface area contributed by atoms with Gasteiger partial charge in [0.15, 0.2) is 5.69 Å². The largest absolute Gasteiger partial charge is 0.365 e. The van der Waals surface area contributed by atoms with Crippen molar-refractivity contribution < 1.29 is 9.53 Å². The number of ether oxygens (including phenoxy) is 1. The van der Waals surface area contributed by atoms with E-state index in [-0.39, 0.29) is 12.0 Å². The molecule has 110 valence electrons. The second kappa shape index (κ2) is 5.61. The van der Waals surface area contributed by atoms with E-state index in [4.69, 9.17) is 4.74 Å². The number of aromatic nitrogens is 2. The Kier molecular flexibility index (Phi) is 3.82. The lowest BCUT2D eigenvalue weighted by Crippen LogP contribution is -2.23. The smallest absolute Gasteiger partial charge is 0.273 e.